The Balaban J connectivity index is 1.53. The summed E-state index contributed by atoms with van der Waals surface area (Å²) in [6, 6.07) is 6.32. The van der Waals surface area contributed by atoms with E-state index in [0.717, 1.165) is 12.1 Å². The largest absolute Gasteiger partial charge is 0.550 e. The van der Waals surface area contributed by atoms with Gasteiger partial charge in [0.25, 0.3) is 5.91 Å². The molecule has 3 amide bonds. The Morgan fingerprint density at radius 3 is 2.54 bits per heavy atom. The SMILES string of the molecule is CC(C)(CC(=O)[O-])CC(=O)N[C@H]1C[C@H]2C(=O)Nc3ccc(-c4ccc(F)cc4F)cc3C(=O)N2C1. The number of nitrogens with zero attached hydrogens (tertiary/aromatic N) is 1. The molecule has 2 atom stereocenters. The normalized spacial score (nSPS) is 19.5. The van der Waals surface area contributed by atoms with Crippen LogP contribution in [0, 0.1) is 17.0 Å². The molecule has 35 heavy (non-hydrogen) atoms. The van der Waals surface area contributed by atoms with Crippen LogP contribution in [-0.4, -0.2) is 47.2 Å². The van der Waals surface area contributed by atoms with Crippen LogP contribution in [0.4, 0.5) is 14.5 Å². The summed E-state index contributed by atoms with van der Waals surface area (Å²) in [4.78, 5) is 51.0. The number of benzene rings is 2. The fraction of sp³-hybridized carbons (Fsp3) is 0.360. The molecule has 0 saturated carbocycles. The van der Waals surface area contributed by atoms with Gasteiger partial charge in [0.2, 0.25) is 11.8 Å². The third kappa shape index (κ3) is 5.16. The quantitative estimate of drug-likeness (QED) is 0.649. The first-order chi connectivity index (χ1) is 16.4. The van der Waals surface area contributed by atoms with Gasteiger partial charge in [-0.05, 0) is 48.1 Å². The van der Waals surface area contributed by atoms with Gasteiger partial charge in [-0.3, -0.25) is 14.4 Å². The number of aliphatic carboxylic acids is 1. The number of rotatable bonds is 6. The summed E-state index contributed by atoms with van der Waals surface area (Å²) in [6.07, 6.45) is -0.149. The lowest BCUT2D eigenvalue weighted by Gasteiger charge is -2.25. The van der Waals surface area contributed by atoms with Gasteiger partial charge in [-0.1, -0.05) is 19.9 Å². The van der Waals surface area contributed by atoms with Crippen molar-refractivity contribution in [3.63, 3.8) is 0 Å². The molecular formula is C25H24F2N3O5-. The summed E-state index contributed by atoms with van der Waals surface area (Å²) in [5.41, 5.74) is 0.0836. The average Bonchev–Trinajstić information content (AvgIpc) is 3.12. The van der Waals surface area contributed by atoms with Crippen LogP contribution in [0.3, 0.4) is 0 Å². The number of hydrogen-bond donors (Lipinski definition) is 2. The summed E-state index contributed by atoms with van der Waals surface area (Å²) in [5, 5.41) is 16.4. The van der Waals surface area contributed by atoms with Crippen molar-refractivity contribution in [1.82, 2.24) is 10.2 Å². The lowest BCUT2D eigenvalue weighted by molar-refractivity contribution is -0.307. The molecule has 0 radical (unpaired) electrons. The zero-order chi connectivity index (χ0) is 25.5. The molecule has 2 aliphatic rings. The Morgan fingerprint density at radius 1 is 1.11 bits per heavy atom. The second-order valence-corrected chi connectivity index (χ2v) is 9.74. The minimum atomic E-state index is -1.25. The van der Waals surface area contributed by atoms with Crippen LogP contribution >= 0.6 is 0 Å². The maximum atomic E-state index is 14.3. The van der Waals surface area contributed by atoms with Crippen LogP contribution in [-0.2, 0) is 14.4 Å². The molecule has 2 aromatic rings. The van der Waals surface area contributed by atoms with Crippen LogP contribution in [0.25, 0.3) is 11.1 Å². The molecule has 184 valence electrons. The number of carboxylic acid groups (broad SMARTS) is 1. The molecule has 10 heteroatoms. The van der Waals surface area contributed by atoms with E-state index in [-0.39, 0.29) is 48.5 Å². The number of carbonyl (C=O) groups is 4. The lowest BCUT2D eigenvalue weighted by Crippen LogP contribution is -2.41. The third-order valence-electron chi connectivity index (χ3n) is 6.24. The average molecular weight is 484 g/mol. The van der Waals surface area contributed by atoms with Crippen LogP contribution in [0.5, 0.6) is 0 Å². The fourth-order valence-electron chi connectivity index (χ4n) is 4.67. The highest BCUT2D eigenvalue weighted by Gasteiger charge is 2.43. The second-order valence-electron chi connectivity index (χ2n) is 9.74. The molecule has 0 unspecified atom stereocenters. The molecular weight excluding hydrogens is 460 g/mol. The smallest absolute Gasteiger partial charge is 0.256 e. The molecule has 2 heterocycles. The predicted molar refractivity (Wildman–Crippen MR) is 120 cm³/mol. The van der Waals surface area contributed by atoms with E-state index >= 15 is 0 Å². The van der Waals surface area contributed by atoms with Crippen molar-refractivity contribution in [2.45, 2.75) is 45.2 Å². The molecule has 1 fully saturated rings. The standard InChI is InChI=1S/C25H25F2N3O5/c1-25(2,11-22(32)33)10-21(31)28-15-9-20-23(34)29-19-6-3-13(7-17(19)24(35)30(20)12-15)16-5-4-14(26)8-18(16)27/h3-8,15,20H,9-12H2,1-2H3,(H,28,31)(H,29,34)(H,32,33)/p-1/t15-,20-/m0/s1. The predicted octanol–water partition coefficient (Wildman–Crippen LogP) is 1.84. The highest BCUT2D eigenvalue weighted by Crippen LogP contribution is 2.33. The molecule has 0 spiro atoms. The van der Waals surface area contributed by atoms with Crippen molar-refractivity contribution in [3.8, 4) is 11.1 Å². The Hall–Kier alpha value is -3.82. The Labute approximate surface area is 200 Å². The molecule has 0 aromatic heterocycles. The van der Waals surface area contributed by atoms with E-state index in [1.807, 2.05) is 0 Å². The molecule has 2 N–H and O–H groups in total. The molecule has 4 rings (SSSR count). The maximum Gasteiger partial charge on any atom is 0.256 e. The van der Waals surface area contributed by atoms with E-state index in [1.165, 1.54) is 29.2 Å². The second kappa shape index (κ2) is 9.09. The van der Waals surface area contributed by atoms with Crippen molar-refractivity contribution >= 4 is 29.4 Å². The Bertz CT molecular complexity index is 1230. The monoisotopic (exact) mass is 484 g/mol. The molecule has 2 aromatic carbocycles. The van der Waals surface area contributed by atoms with Crippen molar-refractivity contribution in [3.05, 3.63) is 53.6 Å². The van der Waals surface area contributed by atoms with E-state index < -0.39 is 46.9 Å². The molecule has 8 nitrogen and oxygen atoms in total. The van der Waals surface area contributed by atoms with Crippen molar-refractivity contribution < 1.29 is 33.1 Å². The van der Waals surface area contributed by atoms with Crippen LogP contribution < -0.4 is 15.7 Å². The van der Waals surface area contributed by atoms with Gasteiger partial charge in [0.15, 0.2) is 0 Å². The number of carboxylic acids is 1. The fourth-order valence-corrected chi connectivity index (χ4v) is 4.67. The van der Waals surface area contributed by atoms with E-state index in [1.54, 1.807) is 13.8 Å². The first-order valence-electron chi connectivity index (χ1n) is 11.1. The van der Waals surface area contributed by atoms with Gasteiger partial charge in [0.1, 0.15) is 17.7 Å². The van der Waals surface area contributed by atoms with Gasteiger partial charge in [0, 0.05) is 36.6 Å². The highest BCUT2D eigenvalue weighted by molar-refractivity contribution is 6.11. The summed E-state index contributed by atoms with van der Waals surface area (Å²) < 4.78 is 27.6. The van der Waals surface area contributed by atoms with Gasteiger partial charge in [-0.2, -0.15) is 0 Å². The van der Waals surface area contributed by atoms with Gasteiger partial charge in [-0.15, -0.1) is 0 Å². The number of nitrogens with one attached hydrogen (secondary N) is 2. The first-order valence-corrected chi connectivity index (χ1v) is 11.1. The van der Waals surface area contributed by atoms with Crippen molar-refractivity contribution in [2.24, 2.45) is 5.41 Å². The molecule has 0 aliphatic carbocycles. The topological polar surface area (TPSA) is 119 Å². The Morgan fingerprint density at radius 2 is 1.86 bits per heavy atom. The van der Waals surface area contributed by atoms with Crippen molar-refractivity contribution in [2.75, 3.05) is 11.9 Å². The first kappa shape index (κ1) is 24.3. The van der Waals surface area contributed by atoms with Crippen LogP contribution in [0.2, 0.25) is 0 Å². The van der Waals surface area contributed by atoms with E-state index in [0.29, 0.717) is 5.56 Å². The van der Waals surface area contributed by atoms with Crippen molar-refractivity contribution in [1.29, 1.82) is 0 Å². The molecule has 0 bridgehead atoms. The zero-order valence-corrected chi connectivity index (χ0v) is 19.2. The van der Waals surface area contributed by atoms with Crippen LogP contribution in [0.15, 0.2) is 36.4 Å². The number of carbonyl (C=O) groups excluding carboxylic acids is 4. The van der Waals surface area contributed by atoms with E-state index in [2.05, 4.69) is 10.6 Å². The van der Waals surface area contributed by atoms with Gasteiger partial charge < -0.3 is 25.4 Å². The number of halogens is 2. The van der Waals surface area contributed by atoms with Crippen LogP contribution in [0.1, 0.15) is 43.5 Å². The maximum absolute atomic E-state index is 14.3. The molecule has 1 saturated heterocycles. The number of anilines is 1. The number of amides is 3. The van der Waals surface area contributed by atoms with Gasteiger partial charge in [0.05, 0.1) is 11.3 Å². The summed E-state index contributed by atoms with van der Waals surface area (Å²) in [6.45, 7) is 3.36. The minimum absolute atomic E-state index is 0.0578. The molecule has 2 aliphatic heterocycles. The van der Waals surface area contributed by atoms with Gasteiger partial charge in [-0.25, -0.2) is 8.78 Å². The van der Waals surface area contributed by atoms with Gasteiger partial charge >= 0.3 is 0 Å². The minimum Gasteiger partial charge on any atom is -0.550 e. The zero-order valence-electron chi connectivity index (χ0n) is 19.2. The summed E-state index contributed by atoms with van der Waals surface area (Å²) >= 11 is 0. The van der Waals surface area contributed by atoms with E-state index in [4.69, 9.17) is 0 Å². The number of hydrogen-bond acceptors (Lipinski definition) is 5. The summed E-state index contributed by atoms with van der Waals surface area (Å²) in [5.74, 6) is -4.01. The number of fused-ring (bicyclic) bond motifs is 2. The highest BCUT2D eigenvalue weighted by atomic mass is 19.1. The third-order valence-corrected chi connectivity index (χ3v) is 6.24. The Kier molecular flexibility index (Phi) is 6.31. The summed E-state index contributed by atoms with van der Waals surface area (Å²) in [7, 11) is 0. The van der Waals surface area contributed by atoms with E-state index in [9.17, 15) is 33.1 Å². The lowest BCUT2D eigenvalue weighted by atomic mass is 9.85.